The minimum atomic E-state index is -1.20. The van der Waals surface area contributed by atoms with Crippen LogP contribution in [0.15, 0.2) is 5.28 Å². The second-order valence-corrected chi connectivity index (χ2v) is 5.26. The number of nitrogens with zero attached hydrogens (tertiary/aromatic N) is 3. The molecule has 0 amide bonds. The molecule has 0 heterocycles. The molecule has 0 saturated heterocycles. The minimum absolute atomic E-state index is 0.00867. The van der Waals surface area contributed by atoms with Gasteiger partial charge < -0.3 is 24.6 Å². The molecule has 0 aliphatic heterocycles. The summed E-state index contributed by atoms with van der Waals surface area (Å²) in [6.45, 7) is 6.98. The summed E-state index contributed by atoms with van der Waals surface area (Å²) >= 11 is 0. The third kappa shape index (κ3) is 8.50. The number of carboxylic acid groups (broad SMARTS) is 1. The van der Waals surface area contributed by atoms with Gasteiger partial charge in [-0.15, -0.1) is 5.01 Å². The Morgan fingerprint density at radius 2 is 1.95 bits per heavy atom. The lowest BCUT2D eigenvalue weighted by molar-refractivity contribution is -0.724. The first kappa shape index (κ1) is 18.7. The van der Waals surface area contributed by atoms with Gasteiger partial charge in [0.25, 0.3) is 6.79 Å². The number of rotatable bonds is 7. The highest BCUT2D eigenvalue weighted by Gasteiger charge is 2.31. The van der Waals surface area contributed by atoms with Crippen molar-refractivity contribution in [1.29, 1.82) is 0 Å². The maximum atomic E-state index is 11.7. The number of carboxylic acids is 1. The van der Waals surface area contributed by atoms with Crippen LogP contribution in [0.2, 0.25) is 0 Å². The van der Waals surface area contributed by atoms with Gasteiger partial charge in [-0.1, -0.05) is 0 Å². The van der Waals surface area contributed by atoms with Crippen molar-refractivity contribution >= 4 is 12.1 Å². The third-order valence-electron chi connectivity index (χ3n) is 1.95. The van der Waals surface area contributed by atoms with E-state index in [1.54, 1.807) is 34.6 Å². The van der Waals surface area contributed by atoms with Crippen molar-refractivity contribution in [2.24, 2.45) is 5.28 Å². The summed E-state index contributed by atoms with van der Waals surface area (Å²) in [5, 5.41) is 24.4. The van der Waals surface area contributed by atoms with Gasteiger partial charge in [-0.2, -0.15) is 0 Å². The van der Waals surface area contributed by atoms with E-state index in [2.05, 4.69) is 19.6 Å². The Labute approximate surface area is 122 Å². The quantitative estimate of drug-likeness (QED) is 0.187. The van der Waals surface area contributed by atoms with Crippen molar-refractivity contribution in [1.82, 2.24) is 5.01 Å². The fraction of sp³-hybridized carbons (Fsp3) is 0.818. The molecule has 0 aromatic heterocycles. The van der Waals surface area contributed by atoms with E-state index in [-0.39, 0.29) is 11.1 Å². The average molecular weight is 307 g/mol. The van der Waals surface area contributed by atoms with Crippen molar-refractivity contribution in [3.05, 3.63) is 5.21 Å². The Balaban J connectivity index is 4.43. The largest absolute Gasteiger partial charge is 0.569 e. The highest BCUT2D eigenvalue weighted by molar-refractivity contribution is 5.68. The van der Waals surface area contributed by atoms with E-state index in [1.165, 1.54) is 0 Å². The number of hydrogen-bond donors (Lipinski definition) is 1. The second kappa shape index (κ2) is 8.12. The van der Waals surface area contributed by atoms with Gasteiger partial charge in [0.15, 0.2) is 6.54 Å². The molecule has 0 aliphatic rings. The Morgan fingerprint density at radius 1 is 1.38 bits per heavy atom. The smallest absolute Gasteiger partial charge is 0.511 e. The van der Waals surface area contributed by atoms with E-state index >= 15 is 0 Å². The lowest BCUT2D eigenvalue weighted by Crippen LogP contribution is -2.48. The van der Waals surface area contributed by atoms with Gasteiger partial charge in [0.2, 0.25) is 5.28 Å². The van der Waals surface area contributed by atoms with Gasteiger partial charge in [-0.05, 0) is 34.6 Å². The van der Waals surface area contributed by atoms with Crippen LogP contribution in [0.25, 0.3) is 0 Å². The van der Waals surface area contributed by atoms with E-state index in [0.29, 0.717) is 0 Å². The maximum Gasteiger partial charge on any atom is 0.511 e. The number of hydrazine groups is 1. The summed E-state index contributed by atoms with van der Waals surface area (Å²) in [5.41, 5.74) is -0.787. The van der Waals surface area contributed by atoms with Gasteiger partial charge in [-0.25, -0.2) is 4.79 Å². The number of carbonyl (C=O) groups excluding carboxylic acids is 1. The van der Waals surface area contributed by atoms with Gasteiger partial charge in [0.05, 0.1) is 16.6 Å². The molecule has 0 atom stereocenters. The number of aliphatic carboxylic acids is 1. The summed E-state index contributed by atoms with van der Waals surface area (Å²) in [7, 11) is 0. The zero-order chi connectivity index (χ0) is 16.6. The molecule has 1 N–H and O–H groups in total. The summed E-state index contributed by atoms with van der Waals surface area (Å²) in [6.07, 6.45) is -1.31. The van der Waals surface area contributed by atoms with Crippen LogP contribution >= 0.6 is 0 Å². The average Bonchev–Trinajstić information content (AvgIpc) is 2.28. The van der Waals surface area contributed by atoms with Gasteiger partial charge in [0, 0.05) is 0 Å². The first-order valence-electron chi connectivity index (χ1n) is 6.17. The second-order valence-electron chi connectivity index (χ2n) is 5.26. The molecular formula is C11H21N3O7. The molecule has 0 aromatic carbocycles. The van der Waals surface area contributed by atoms with E-state index < -0.39 is 31.0 Å². The molecule has 21 heavy (non-hydrogen) atoms. The van der Waals surface area contributed by atoms with E-state index in [9.17, 15) is 14.8 Å². The maximum absolute atomic E-state index is 11.7. The fourth-order valence-electron chi connectivity index (χ4n) is 1.10. The summed E-state index contributed by atoms with van der Waals surface area (Å²) < 4.78 is 9.12. The molecule has 0 fully saturated rings. The standard InChI is InChI=1S/C11H21N3O7/c1-8(2)21-10(17)19-7-20-12-14(18)13(6-9(15)16)11(3,4)5/h8H,6-7H2,1-5H3,(H,15,16). The van der Waals surface area contributed by atoms with Gasteiger partial charge in [-0.3, -0.25) is 4.79 Å². The van der Waals surface area contributed by atoms with Crippen LogP contribution in [-0.4, -0.2) is 52.2 Å². The van der Waals surface area contributed by atoms with Crippen LogP contribution in [0.4, 0.5) is 4.79 Å². The van der Waals surface area contributed by atoms with Crippen molar-refractivity contribution in [3.63, 3.8) is 0 Å². The van der Waals surface area contributed by atoms with Gasteiger partial charge in [0.1, 0.15) is 0 Å². The highest BCUT2D eigenvalue weighted by Crippen LogP contribution is 2.13. The topological polar surface area (TPSA) is 124 Å². The monoisotopic (exact) mass is 307 g/mol. The number of ether oxygens (including phenoxy) is 2. The van der Waals surface area contributed by atoms with Crippen LogP contribution in [0.1, 0.15) is 34.6 Å². The first-order valence-corrected chi connectivity index (χ1v) is 6.17. The van der Waals surface area contributed by atoms with E-state index in [0.717, 1.165) is 5.01 Å². The summed E-state index contributed by atoms with van der Waals surface area (Å²) in [5.74, 6) is -1.20. The molecule has 0 bridgehead atoms. The molecule has 0 radical (unpaired) electrons. The Morgan fingerprint density at radius 3 is 2.38 bits per heavy atom. The summed E-state index contributed by atoms with van der Waals surface area (Å²) in [6, 6.07) is 0. The fourth-order valence-corrected chi connectivity index (χ4v) is 1.10. The molecule has 122 valence electrons. The predicted molar refractivity (Wildman–Crippen MR) is 68.8 cm³/mol. The van der Waals surface area contributed by atoms with Crippen molar-refractivity contribution < 1.29 is 34.0 Å². The lowest BCUT2D eigenvalue weighted by atomic mass is 10.1. The minimum Gasteiger partial charge on any atom is -0.569 e. The molecular weight excluding hydrogens is 286 g/mol. The van der Waals surface area contributed by atoms with E-state index in [4.69, 9.17) is 5.11 Å². The SMILES string of the molecule is CC(C)OC(=O)OCON=[N+]([O-])N(CC(=O)O)C(C)(C)C. The predicted octanol–water partition coefficient (Wildman–Crippen LogP) is 1.50. The van der Waals surface area contributed by atoms with Crippen molar-refractivity contribution in [2.75, 3.05) is 13.3 Å². The number of hydrogen-bond acceptors (Lipinski definition) is 7. The van der Waals surface area contributed by atoms with Crippen LogP contribution in [0, 0.1) is 5.21 Å². The molecule has 10 heteroatoms. The molecule has 0 unspecified atom stereocenters. The number of carbonyl (C=O) groups is 2. The van der Waals surface area contributed by atoms with E-state index in [1.807, 2.05) is 0 Å². The third-order valence-corrected chi connectivity index (χ3v) is 1.95. The normalized spacial score (nSPS) is 12.0. The Bertz CT molecular complexity index is 390. The van der Waals surface area contributed by atoms with Crippen molar-refractivity contribution in [3.8, 4) is 0 Å². The van der Waals surface area contributed by atoms with Crippen LogP contribution < -0.4 is 0 Å². The molecule has 0 spiro atoms. The first-order chi connectivity index (χ1) is 9.54. The zero-order valence-electron chi connectivity index (χ0n) is 12.7. The Kier molecular flexibility index (Phi) is 7.25. The zero-order valence-corrected chi connectivity index (χ0v) is 12.7. The lowest BCUT2D eigenvalue weighted by Gasteiger charge is -2.28. The molecule has 10 nitrogen and oxygen atoms in total. The molecule has 0 saturated carbocycles. The molecule has 0 aromatic rings. The van der Waals surface area contributed by atoms with Crippen LogP contribution in [0.5, 0.6) is 0 Å². The van der Waals surface area contributed by atoms with Crippen LogP contribution in [0.3, 0.4) is 0 Å². The molecule has 0 rings (SSSR count). The van der Waals surface area contributed by atoms with Gasteiger partial charge >= 0.3 is 12.1 Å². The van der Waals surface area contributed by atoms with Crippen LogP contribution in [-0.2, 0) is 19.1 Å². The Hall–Kier alpha value is -2.26. The highest BCUT2D eigenvalue weighted by atomic mass is 16.8. The molecule has 0 aliphatic carbocycles. The summed E-state index contributed by atoms with van der Waals surface area (Å²) in [4.78, 5) is 26.2. The van der Waals surface area contributed by atoms with Crippen molar-refractivity contribution in [2.45, 2.75) is 46.3 Å².